The van der Waals surface area contributed by atoms with Crippen molar-refractivity contribution in [3.05, 3.63) is 36.2 Å². The number of aromatic nitrogens is 4. The molecule has 1 N–H and O–H groups in total. The monoisotopic (exact) mass is 274 g/mol. The third-order valence-corrected chi connectivity index (χ3v) is 3.61. The van der Waals surface area contributed by atoms with Crippen molar-refractivity contribution in [2.75, 3.05) is 6.54 Å². The summed E-state index contributed by atoms with van der Waals surface area (Å²) in [4.78, 5) is 18.2. The van der Waals surface area contributed by atoms with Crippen molar-refractivity contribution in [3.63, 3.8) is 0 Å². The van der Waals surface area contributed by atoms with Crippen LogP contribution in [0.2, 0.25) is 0 Å². The van der Waals surface area contributed by atoms with Gasteiger partial charge in [-0.25, -0.2) is 9.78 Å². The Morgan fingerprint density at radius 1 is 1.40 bits per heavy atom. The molecule has 1 aliphatic rings. The lowest BCUT2D eigenvalue weighted by Crippen LogP contribution is -2.44. The van der Waals surface area contributed by atoms with E-state index in [1.165, 1.54) is 0 Å². The van der Waals surface area contributed by atoms with Gasteiger partial charge in [-0.05, 0) is 6.92 Å². The predicted molar refractivity (Wildman–Crippen MR) is 72.8 cm³/mol. The number of urea groups is 1. The molecule has 3 rings (SSSR count). The molecule has 2 aromatic heterocycles. The molecular weight excluding hydrogens is 256 g/mol. The van der Waals surface area contributed by atoms with Crippen LogP contribution < -0.4 is 5.32 Å². The van der Waals surface area contributed by atoms with Crippen LogP contribution in [0.1, 0.15) is 24.2 Å². The fraction of sp³-hybridized carbons (Fsp3) is 0.462. The number of fused-ring (bicyclic) bond motifs is 1. The largest absolute Gasteiger partial charge is 0.331 e. The number of hydrogen-bond acceptors (Lipinski definition) is 3. The van der Waals surface area contributed by atoms with Crippen LogP contribution in [0.4, 0.5) is 4.79 Å². The zero-order valence-corrected chi connectivity index (χ0v) is 11.7. The van der Waals surface area contributed by atoms with E-state index in [9.17, 15) is 4.79 Å². The smallest absolute Gasteiger partial charge is 0.318 e. The zero-order chi connectivity index (χ0) is 14.1. The number of hydrogen-bond donors (Lipinski definition) is 1. The Bertz CT molecular complexity index is 616. The summed E-state index contributed by atoms with van der Waals surface area (Å²) in [6, 6.07) is -0.100. The average Bonchev–Trinajstić information content (AvgIpc) is 3.05. The lowest BCUT2D eigenvalue weighted by Gasteiger charge is -2.29. The second kappa shape index (κ2) is 4.99. The molecule has 1 atom stereocenters. The van der Waals surface area contributed by atoms with Crippen molar-refractivity contribution >= 4 is 6.03 Å². The number of nitrogens with one attached hydrogen (secondary N) is 1. The van der Waals surface area contributed by atoms with Gasteiger partial charge in [0.2, 0.25) is 0 Å². The lowest BCUT2D eigenvalue weighted by molar-refractivity contribution is 0.180. The van der Waals surface area contributed by atoms with Crippen LogP contribution >= 0.6 is 0 Å². The van der Waals surface area contributed by atoms with Gasteiger partial charge in [0.25, 0.3) is 0 Å². The van der Waals surface area contributed by atoms with Gasteiger partial charge in [-0.15, -0.1) is 0 Å². The first kappa shape index (κ1) is 12.7. The van der Waals surface area contributed by atoms with Gasteiger partial charge in [0.1, 0.15) is 0 Å². The van der Waals surface area contributed by atoms with E-state index >= 15 is 0 Å². The molecule has 0 aromatic carbocycles. The van der Waals surface area contributed by atoms with Gasteiger partial charge in [0, 0.05) is 38.1 Å². The highest BCUT2D eigenvalue weighted by molar-refractivity contribution is 5.74. The molecule has 0 bridgehead atoms. The Hall–Kier alpha value is -2.31. The molecule has 2 aromatic rings. The molecule has 1 aliphatic heterocycles. The normalized spacial score (nSPS) is 15.8. The molecule has 0 saturated heterocycles. The third-order valence-electron chi connectivity index (χ3n) is 3.61. The van der Waals surface area contributed by atoms with E-state index in [0.29, 0.717) is 13.1 Å². The number of carbonyl (C=O) groups excluding carboxylic acids is 1. The van der Waals surface area contributed by atoms with E-state index < -0.39 is 0 Å². The molecule has 20 heavy (non-hydrogen) atoms. The van der Waals surface area contributed by atoms with E-state index in [4.69, 9.17) is 0 Å². The summed E-state index contributed by atoms with van der Waals surface area (Å²) in [5.74, 6) is 0. The Morgan fingerprint density at radius 2 is 2.25 bits per heavy atom. The lowest BCUT2D eigenvalue weighted by atomic mass is 10.2. The Kier molecular flexibility index (Phi) is 3.17. The van der Waals surface area contributed by atoms with Crippen molar-refractivity contribution in [3.8, 4) is 0 Å². The van der Waals surface area contributed by atoms with Crippen LogP contribution in [-0.4, -0.2) is 36.8 Å². The molecule has 0 fully saturated rings. The molecule has 0 radical (unpaired) electrons. The van der Waals surface area contributed by atoms with Gasteiger partial charge in [-0.3, -0.25) is 4.68 Å². The van der Waals surface area contributed by atoms with E-state index in [-0.39, 0.29) is 12.1 Å². The fourth-order valence-electron chi connectivity index (χ4n) is 2.38. The average molecular weight is 274 g/mol. The standard InChI is InChI=1S/C13H18N6O/c1-10(11-5-15-17(2)7-11)16-13(20)18-3-4-19-9-14-6-12(19)8-18/h5-7,9-10H,3-4,8H2,1-2H3,(H,16,20)/t10-/m0/s1. The number of nitrogens with zero attached hydrogens (tertiary/aromatic N) is 5. The maximum Gasteiger partial charge on any atom is 0.318 e. The summed E-state index contributed by atoms with van der Waals surface area (Å²) in [7, 11) is 1.86. The zero-order valence-electron chi connectivity index (χ0n) is 11.7. The first-order valence-corrected chi connectivity index (χ1v) is 6.66. The molecule has 106 valence electrons. The highest BCUT2D eigenvalue weighted by atomic mass is 16.2. The number of aryl methyl sites for hydroxylation is 1. The quantitative estimate of drug-likeness (QED) is 0.884. The van der Waals surface area contributed by atoms with E-state index in [2.05, 4.69) is 20.0 Å². The number of rotatable bonds is 2. The van der Waals surface area contributed by atoms with Crippen LogP contribution in [-0.2, 0) is 20.1 Å². The summed E-state index contributed by atoms with van der Waals surface area (Å²) < 4.78 is 3.81. The molecule has 0 spiro atoms. The van der Waals surface area contributed by atoms with Crippen molar-refractivity contribution in [2.24, 2.45) is 7.05 Å². The number of amides is 2. The third kappa shape index (κ3) is 2.38. The molecule has 2 amide bonds. The van der Waals surface area contributed by atoms with Crippen molar-refractivity contribution in [1.29, 1.82) is 0 Å². The summed E-state index contributed by atoms with van der Waals surface area (Å²) in [6.07, 6.45) is 7.30. The van der Waals surface area contributed by atoms with Crippen LogP contribution in [0.25, 0.3) is 0 Å². The highest BCUT2D eigenvalue weighted by Crippen LogP contribution is 2.14. The first-order chi connectivity index (χ1) is 9.63. The van der Waals surface area contributed by atoms with Gasteiger partial charge in [0.05, 0.1) is 30.8 Å². The fourth-order valence-corrected chi connectivity index (χ4v) is 2.38. The summed E-state index contributed by atoms with van der Waals surface area (Å²) >= 11 is 0. The van der Waals surface area contributed by atoms with Crippen LogP contribution in [0.5, 0.6) is 0 Å². The second-order valence-corrected chi connectivity index (χ2v) is 5.12. The molecule has 7 nitrogen and oxygen atoms in total. The van der Waals surface area contributed by atoms with Gasteiger partial charge >= 0.3 is 6.03 Å². The molecule has 0 aliphatic carbocycles. The molecule has 0 unspecified atom stereocenters. The topological polar surface area (TPSA) is 68.0 Å². The molecule has 0 saturated carbocycles. The maximum absolute atomic E-state index is 12.3. The van der Waals surface area contributed by atoms with Gasteiger partial charge < -0.3 is 14.8 Å². The van der Waals surface area contributed by atoms with E-state index in [0.717, 1.165) is 17.8 Å². The minimum atomic E-state index is -0.0527. The second-order valence-electron chi connectivity index (χ2n) is 5.12. The van der Waals surface area contributed by atoms with E-state index in [1.54, 1.807) is 10.9 Å². The molecule has 3 heterocycles. The Morgan fingerprint density at radius 3 is 3.00 bits per heavy atom. The molecule has 7 heteroatoms. The van der Waals surface area contributed by atoms with Crippen molar-refractivity contribution in [2.45, 2.75) is 26.1 Å². The Labute approximate surface area is 117 Å². The maximum atomic E-state index is 12.3. The summed E-state index contributed by atoms with van der Waals surface area (Å²) in [6.45, 7) is 4.06. The van der Waals surface area contributed by atoms with Crippen molar-refractivity contribution < 1.29 is 4.79 Å². The van der Waals surface area contributed by atoms with Crippen molar-refractivity contribution in [1.82, 2.24) is 29.5 Å². The summed E-state index contributed by atoms with van der Waals surface area (Å²) in [5.41, 5.74) is 2.07. The SMILES string of the molecule is C[C@H](NC(=O)N1CCn2cncc2C1)c1cnn(C)c1. The molecular formula is C13H18N6O. The minimum Gasteiger partial charge on any atom is -0.331 e. The van der Waals surface area contributed by atoms with Crippen LogP contribution in [0.3, 0.4) is 0 Å². The number of imidazole rings is 1. The number of carbonyl (C=O) groups is 1. The van der Waals surface area contributed by atoms with Crippen LogP contribution in [0.15, 0.2) is 24.9 Å². The predicted octanol–water partition coefficient (Wildman–Crippen LogP) is 0.903. The highest BCUT2D eigenvalue weighted by Gasteiger charge is 2.22. The van der Waals surface area contributed by atoms with Gasteiger partial charge in [-0.1, -0.05) is 0 Å². The minimum absolute atomic E-state index is 0.0474. The summed E-state index contributed by atoms with van der Waals surface area (Å²) in [5, 5.41) is 7.13. The van der Waals surface area contributed by atoms with E-state index in [1.807, 2.05) is 37.6 Å². The van der Waals surface area contributed by atoms with Gasteiger partial charge in [0.15, 0.2) is 0 Å². The van der Waals surface area contributed by atoms with Gasteiger partial charge in [-0.2, -0.15) is 5.10 Å². The first-order valence-electron chi connectivity index (χ1n) is 6.66. The van der Waals surface area contributed by atoms with Crippen LogP contribution in [0, 0.1) is 0 Å². The Balaban J connectivity index is 1.63.